The average molecular weight is 253 g/mol. The Labute approximate surface area is 107 Å². The van der Waals surface area contributed by atoms with Gasteiger partial charge in [0.2, 0.25) is 0 Å². The monoisotopic (exact) mass is 252 g/mol. The van der Waals surface area contributed by atoms with E-state index in [4.69, 9.17) is 11.6 Å². The molecule has 1 N–H and O–H groups in total. The van der Waals surface area contributed by atoms with Crippen molar-refractivity contribution in [2.75, 3.05) is 0 Å². The van der Waals surface area contributed by atoms with Crippen molar-refractivity contribution < 1.29 is 4.79 Å². The van der Waals surface area contributed by atoms with Gasteiger partial charge in [-0.25, -0.2) is 5.43 Å². The number of hydrogen-bond acceptors (Lipinski definition) is 2. The minimum absolute atomic E-state index is 0.0540. The molecule has 0 spiro atoms. The molecule has 4 heteroatoms. The number of hydrazone groups is 1. The van der Waals surface area contributed by atoms with E-state index in [1.54, 1.807) is 24.3 Å². The molecule has 0 saturated carbocycles. The van der Waals surface area contributed by atoms with Crippen LogP contribution in [-0.2, 0) is 0 Å². The number of nitrogens with zero attached hydrogens (tertiary/aromatic N) is 1. The highest BCUT2D eigenvalue weighted by atomic mass is 35.5. The zero-order chi connectivity index (χ0) is 13.1. The van der Waals surface area contributed by atoms with Crippen molar-refractivity contribution in [1.29, 1.82) is 0 Å². The lowest BCUT2D eigenvalue weighted by Crippen LogP contribution is -2.24. The molecule has 3 nitrogen and oxygen atoms in total. The predicted molar refractivity (Wildman–Crippen MR) is 71.5 cm³/mol. The quantitative estimate of drug-likeness (QED) is 0.635. The summed E-state index contributed by atoms with van der Waals surface area (Å²) in [5.74, 6) is -0.254. The molecule has 0 aliphatic heterocycles. The molecule has 0 saturated heterocycles. The number of carbonyl (C=O) groups excluding carboxylic acids is 1. The normalized spacial score (nSPS) is 12.4. The number of halogens is 1. The van der Waals surface area contributed by atoms with Gasteiger partial charge in [0.25, 0.3) is 5.91 Å². The van der Waals surface area contributed by atoms with E-state index < -0.39 is 0 Å². The number of nitrogens with one attached hydrogen (secondary N) is 1. The second-order valence-corrected chi connectivity index (χ2v) is 5.33. The summed E-state index contributed by atoms with van der Waals surface area (Å²) in [6, 6.07) is 6.77. The number of rotatable bonds is 2. The van der Waals surface area contributed by atoms with Crippen LogP contribution >= 0.6 is 11.6 Å². The molecule has 0 bridgehead atoms. The van der Waals surface area contributed by atoms with Crippen LogP contribution < -0.4 is 5.43 Å². The summed E-state index contributed by atoms with van der Waals surface area (Å²) in [5, 5.41) is 4.61. The van der Waals surface area contributed by atoms with Crippen molar-refractivity contribution in [1.82, 2.24) is 5.43 Å². The largest absolute Gasteiger partial charge is 0.271 e. The van der Waals surface area contributed by atoms with E-state index in [-0.39, 0.29) is 11.3 Å². The molecule has 0 aliphatic carbocycles. The van der Waals surface area contributed by atoms with Crippen LogP contribution in [0.3, 0.4) is 0 Å². The summed E-state index contributed by atoms with van der Waals surface area (Å²) in [5.41, 5.74) is 3.84. The SMILES string of the molecule is C/C(=N\NC(=O)c1cccc(Cl)c1)C(C)(C)C. The lowest BCUT2D eigenvalue weighted by atomic mass is 9.91. The molecule has 92 valence electrons. The third-order valence-corrected chi connectivity index (χ3v) is 2.73. The Morgan fingerprint density at radius 1 is 1.35 bits per heavy atom. The van der Waals surface area contributed by atoms with Crippen LogP contribution in [0, 0.1) is 5.41 Å². The van der Waals surface area contributed by atoms with Gasteiger partial charge in [0.15, 0.2) is 0 Å². The summed E-state index contributed by atoms with van der Waals surface area (Å²) in [6.07, 6.45) is 0. The number of benzene rings is 1. The molecule has 0 fully saturated rings. The molecule has 17 heavy (non-hydrogen) atoms. The van der Waals surface area contributed by atoms with Crippen LogP contribution in [0.25, 0.3) is 0 Å². The molecule has 0 aliphatic rings. The summed E-state index contributed by atoms with van der Waals surface area (Å²) in [4.78, 5) is 11.8. The van der Waals surface area contributed by atoms with Crippen molar-refractivity contribution in [2.24, 2.45) is 10.5 Å². The third-order valence-electron chi connectivity index (χ3n) is 2.50. The maximum Gasteiger partial charge on any atom is 0.271 e. The van der Waals surface area contributed by atoms with E-state index in [9.17, 15) is 4.79 Å². The molecular formula is C13H17ClN2O. The highest BCUT2D eigenvalue weighted by Gasteiger charge is 2.14. The van der Waals surface area contributed by atoms with Crippen LogP contribution in [0.4, 0.5) is 0 Å². The smallest absolute Gasteiger partial charge is 0.267 e. The Hall–Kier alpha value is -1.35. The zero-order valence-electron chi connectivity index (χ0n) is 10.5. The maximum atomic E-state index is 11.8. The highest BCUT2D eigenvalue weighted by molar-refractivity contribution is 6.30. The maximum absolute atomic E-state index is 11.8. The van der Waals surface area contributed by atoms with Gasteiger partial charge in [0.1, 0.15) is 0 Å². The second kappa shape index (κ2) is 5.32. The van der Waals surface area contributed by atoms with E-state index in [0.717, 1.165) is 5.71 Å². The van der Waals surface area contributed by atoms with E-state index in [0.29, 0.717) is 10.6 Å². The van der Waals surface area contributed by atoms with Crippen molar-refractivity contribution in [3.05, 3.63) is 34.9 Å². The number of hydrogen-bond donors (Lipinski definition) is 1. The van der Waals surface area contributed by atoms with Gasteiger partial charge in [-0.15, -0.1) is 0 Å². The Morgan fingerprint density at radius 2 is 2.00 bits per heavy atom. The topological polar surface area (TPSA) is 41.5 Å². The van der Waals surface area contributed by atoms with Gasteiger partial charge < -0.3 is 0 Å². The van der Waals surface area contributed by atoms with Gasteiger partial charge in [0, 0.05) is 21.7 Å². The first-order valence-electron chi connectivity index (χ1n) is 5.41. The zero-order valence-corrected chi connectivity index (χ0v) is 11.3. The van der Waals surface area contributed by atoms with E-state index in [1.165, 1.54) is 0 Å². The fourth-order valence-electron chi connectivity index (χ4n) is 0.997. The van der Waals surface area contributed by atoms with Gasteiger partial charge in [-0.05, 0) is 25.1 Å². The molecule has 0 atom stereocenters. The first-order valence-corrected chi connectivity index (χ1v) is 5.79. The van der Waals surface area contributed by atoms with Crippen molar-refractivity contribution in [3.63, 3.8) is 0 Å². The lowest BCUT2D eigenvalue weighted by molar-refractivity contribution is 0.0954. The van der Waals surface area contributed by atoms with Crippen LogP contribution in [-0.4, -0.2) is 11.6 Å². The van der Waals surface area contributed by atoms with Gasteiger partial charge in [-0.2, -0.15) is 5.10 Å². The average Bonchev–Trinajstić information content (AvgIpc) is 2.24. The van der Waals surface area contributed by atoms with Gasteiger partial charge >= 0.3 is 0 Å². The molecule has 0 unspecified atom stereocenters. The van der Waals surface area contributed by atoms with Crippen LogP contribution in [0.1, 0.15) is 38.1 Å². The van der Waals surface area contributed by atoms with Gasteiger partial charge in [-0.3, -0.25) is 4.79 Å². The van der Waals surface area contributed by atoms with Crippen molar-refractivity contribution >= 4 is 23.2 Å². The Kier molecular flexibility index (Phi) is 4.29. The minimum Gasteiger partial charge on any atom is -0.267 e. The van der Waals surface area contributed by atoms with Crippen LogP contribution in [0.2, 0.25) is 5.02 Å². The van der Waals surface area contributed by atoms with Gasteiger partial charge in [-0.1, -0.05) is 38.4 Å². The van der Waals surface area contributed by atoms with E-state index in [2.05, 4.69) is 10.5 Å². The Balaban J connectivity index is 2.75. The fourth-order valence-corrected chi connectivity index (χ4v) is 1.19. The molecule has 1 rings (SSSR count). The standard InChI is InChI=1S/C13H17ClN2O/c1-9(13(2,3)4)15-16-12(17)10-6-5-7-11(14)8-10/h5-8H,1-4H3,(H,16,17)/b15-9+. The lowest BCUT2D eigenvalue weighted by Gasteiger charge is -2.17. The highest BCUT2D eigenvalue weighted by Crippen LogP contribution is 2.15. The first kappa shape index (κ1) is 13.7. The molecule has 0 heterocycles. The summed E-state index contributed by atoms with van der Waals surface area (Å²) in [6.45, 7) is 8.00. The second-order valence-electron chi connectivity index (χ2n) is 4.90. The molecule has 1 aromatic rings. The summed E-state index contributed by atoms with van der Waals surface area (Å²) in [7, 11) is 0. The predicted octanol–water partition coefficient (Wildman–Crippen LogP) is 3.49. The third kappa shape index (κ3) is 4.19. The molecule has 1 amide bonds. The van der Waals surface area contributed by atoms with Crippen molar-refractivity contribution in [3.8, 4) is 0 Å². The van der Waals surface area contributed by atoms with Crippen LogP contribution in [0.15, 0.2) is 29.4 Å². The number of amides is 1. The molecular weight excluding hydrogens is 236 g/mol. The summed E-state index contributed by atoms with van der Waals surface area (Å²) < 4.78 is 0. The van der Waals surface area contributed by atoms with E-state index >= 15 is 0 Å². The van der Waals surface area contributed by atoms with Gasteiger partial charge in [0.05, 0.1) is 0 Å². The summed E-state index contributed by atoms with van der Waals surface area (Å²) >= 11 is 5.81. The van der Waals surface area contributed by atoms with E-state index in [1.807, 2.05) is 27.7 Å². The Bertz CT molecular complexity index is 447. The van der Waals surface area contributed by atoms with Crippen LogP contribution in [0.5, 0.6) is 0 Å². The number of carbonyl (C=O) groups is 1. The molecule has 1 aromatic carbocycles. The molecule has 0 radical (unpaired) electrons. The first-order chi connectivity index (χ1) is 7.80. The minimum atomic E-state index is -0.254. The van der Waals surface area contributed by atoms with Crippen molar-refractivity contribution in [2.45, 2.75) is 27.7 Å². The Morgan fingerprint density at radius 3 is 2.53 bits per heavy atom. The molecule has 0 aromatic heterocycles. The fraction of sp³-hybridized carbons (Fsp3) is 0.385.